The smallest absolute Gasteiger partial charge is 0.323 e. The highest BCUT2D eigenvalue weighted by Crippen LogP contribution is 2.47. The number of nitrogens with zero attached hydrogens (tertiary/aromatic N) is 2. The van der Waals surface area contributed by atoms with Crippen LogP contribution in [0.15, 0.2) is 83.6 Å². The SMILES string of the molecule is COc1cccc(-c2ccc(CNC(=O)C3CC3c3ccccc3)c3c2CCN(C(=O)Nc2ccon2)C3)c1. The van der Waals surface area contributed by atoms with Crippen LogP contribution >= 0.6 is 0 Å². The molecule has 1 aliphatic heterocycles. The van der Waals surface area contributed by atoms with E-state index in [9.17, 15) is 9.59 Å². The van der Waals surface area contributed by atoms with Crippen molar-refractivity contribution in [2.45, 2.75) is 31.8 Å². The molecule has 3 amide bonds. The third-order valence-corrected chi connectivity index (χ3v) is 7.66. The molecule has 3 aromatic carbocycles. The minimum Gasteiger partial charge on any atom is -0.497 e. The van der Waals surface area contributed by atoms with Crippen molar-refractivity contribution >= 4 is 17.8 Å². The first-order valence-corrected chi connectivity index (χ1v) is 13.2. The third-order valence-electron chi connectivity index (χ3n) is 7.66. The summed E-state index contributed by atoms with van der Waals surface area (Å²) < 4.78 is 10.3. The van der Waals surface area contributed by atoms with Crippen LogP contribution in [0.3, 0.4) is 0 Å². The minimum absolute atomic E-state index is 0.00372. The van der Waals surface area contributed by atoms with E-state index in [1.54, 1.807) is 18.1 Å². The van der Waals surface area contributed by atoms with Gasteiger partial charge in [-0.15, -0.1) is 0 Å². The van der Waals surface area contributed by atoms with E-state index in [-0.39, 0.29) is 23.8 Å². The van der Waals surface area contributed by atoms with E-state index >= 15 is 0 Å². The Kier molecular flexibility index (Phi) is 6.75. The van der Waals surface area contributed by atoms with Gasteiger partial charge in [0.1, 0.15) is 12.0 Å². The minimum atomic E-state index is -0.236. The highest BCUT2D eigenvalue weighted by molar-refractivity contribution is 5.88. The van der Waals surface area contributed by atoms with Crippen LogP contribution in [0.2, 0.25) is 0 Å². The number of carbonyl (C=O) groups is 2. The fourth-order valence-electron chi connectivity index (χ4n) is 5.47. The lowest BCUT2D eigenvalue weighted by Crippen LogP contribution is -2.40. The lowest BCUT2D eigenvalue weighted by Gasteiger charge is -2.32. The standard InChI is InChI=1S/C31H30N4O4/c1-38-23-9-5-8-21(16-23)24-11-10-22(18-32-30(36)27-17-26(27)20-6-3-2-4-7-20)28-19-35(14-12-25(24)28)31(37)33-29-13-15-39-34-29/h2-11,13,15-16,26-27H,12,14,17-19H2,1H3,(H,32,36)(H,33,34,37). The number of aromatic nitrogens is 1. The maximum absolute atomic E-state index is 13.0. The van der Waals surface area contributed by atoms with Gasteiger partial charge < -0.3 is 19.5 Å². The van der Waals surface area contributed by atoms with Crippen molar-refractivity contribution in [1.82, 2.24) is 15.4 Å². The van der Waals surface area contributed by atoms with Gasteiger partial charge in [-0.25, -0.2) is 4.79 Å². The lowest BCUT2D eigenvalue weighted by molar-refractivity contribution is -0.122. The number of hydrogen-bond acceptors (Lipinski definition) is 5. The van der Waals surface area contributed by atoms with Crippen molar-refractivity contribution in [3.8, 4) is 16.9 Å². The summed E-state index contributed by atoms with van der Waals surface area (Å²) in [5, 5.41) is 9.75. The van der Waals surface area contributed by atoms with Gasteiger partial charge in [-0.1, -0.05) is 59.8 Å². The molecular weight excluding hydrogens is 492 g/mol. The molecule has 4 aromatic rings. The topological polar surface area (TPSA) is 96.7 Å². The van der Waals surface area contributed by atoms with Crippen molar-refractivity contribution in [2.75, 3.05) is 19.0 Å². The summed E-state index contributed by atoms with van der Waals surface area (Å²) in [6.45, 7) is 1.40. The second-order valence-corrected chi connectivity index (χ2v) is 10.0. The maximum atomic E-state index is 13.0. The van der Waals surface area contributed by atoms with Crippen molar-refractivity contribution < 1.29 is 18.8 Å². The molecule has 2 unspecified atom stereocenters. The molecule has 1 fully saturated rings. The molecule has 2 aliphatic rings. The summed E-state index contributed by atoms with van der Waals surface area (Å²) in [7, 11) is 1.66. The number of carbonyl (C=O) groups excluding carboxylic acids is 2. The van der Waals surface area contributed by atoms with Gasteiger partial charge in [-0.2, -0.15) is 0 Å². The van der Waals surface area contributed by atoms with Gasteiger partial charge >= 0.3 is 6.03 Å². The van der Waals surface area contributed by atoms with Crippen LogP contribution in [0.5, 0.6) is 5.75 Å². The highest BCUT2D eigenvalue weighted by Gasteiger charge is 2.43. The first kappa shape index (κ1) is 24.7. The van der Waals surface area contributed by atoms with Gasteiger partial charge in [-0.3, -0.25) is 10.1 Å². The number of ether oxygens (including phenoxy) is 1. The quantitative estimate of drug-likeness (QED) is 0.341. The van der Waals surface area contributed by atoms with Crippen LogP contribution in [-0.4, -0.2) is 35.6 Å². The summed E-state index contributed by atoms with van der Waals surface area (Å²) in [6.07, 6.45) is 2.98. The summed E-state index contributed by atoms with van der Waals surface area (Å²) in [5.74, 6) is 1.53. The average Bonchev–Trinajstić information content (AvgIpc) is 3.63. The van der Waals surface area contributed by atoms with E-state index in [1.807, 2.05) is 36.4 Å². The Hall–Kier alpha value is -4.59. The Labute approximate surface area is 227 Å². The molecule has 1 saturated carbocycles. The molecule has 1 aliphatic carbocycles. The Morgan fingerprint density at radius 3 is 2.72 bits per heavy atom. The summed E-state index contributed by atoms with van der Waals surface area (Å²) in [6, 6.07) is 23.8. The van der Waals surface area contributed by atoms with Crippen LogP contribution in [0, 0.1) is 5.92 Å². The molecule has 6 rings (SSSR count). The number of urea groups is 1. The number of rotatable bonds is 7. The zero-order valence-corrected chi connectivity index (χ0v) is 21.7. The van der Waals surface area contributed by atoms with Crippen molar-refractivity contribution in [2.24, 2.45) is 5.92 Å². The molecule has 0 saturated heterocycles. The molecule has 2 heterocycles. The highest BCUT2D eigenvalue weighted by atomic mass is 16.5. The largest absolute Gasteiger partial charge is 0.497 e. The fraction of sp³-hybridized carbons (Fsp3) is 0.258. The van der Waals surface area contributed by atoms with Gasteiger partial charge in [0.15, 0.2) is 5.82 Å². The second kappa shape index (κ2) is 10.6. The van der Waals surface area contributed by atoms with E-state index in [0.717, 1.165) is 34.4 Å². The molecule has 39 heavy (non-hydrogen) atoms. The first-order valence-electron chi connectivity index (χ1n) is 13.2. The van der Waals surface area contributed by atoms with Gasteiger partial charge in [0.25, 0.3) is 0 Å². The third kappa shape index (κ3) is 5.23. The molecule has 2 N–H and O–H groups in total. The monoisotopic (exact) mass is 522 g/mol. The van der Waals surface area contributed by atoms with Gasteiger partial charge in [0.05, 0.1) is 7.11 Å². The van der Waals surface area contributed by atoms with Crippen molar-refractivity contribution in [1.29, 1.82) is 0 Å². The van der Waals surface area contributed by atoms with Gasteiger partial charge in [-0.05, 0) is 64.3 Å². The Morgan fingerprint density at radius 2 is 1.92 bits per heavy atom. The van der Waals surface area contributed by atoms with Crippen molar-refractivity contribution in [3.63, 3.8) is 0 Å². The Morgan fingerprint density at radius 1 is 1.05 bits per heavy atom. The molecule has 0 spiro atoms. The van der Waals surface area contributed by atoms with E-state index in [0.29, 0.717) is 31.9 Å². The summed E-state index contributed by atoms with van der Waals surface area (Å²) in [5.41, 5.74) is 6.65. The molecule has 1 aromatic heterocycles. The number of methoxy groups -OCH3 is 1. The Bertz CT molecular complexity index is 1490. The van der Waals surface area contributed by atoms with Crippen molar-refractivity contribution in [3.05, 3.63) is 101 Å². The number of benzene rings is 3. The number of hydrogen-bond donors (Lipinski definition) is 2. The molecule has 198 valence electrons. The molecule has 2 atom stereocenters. The van der Waals surface area contributed by atoms with E-state index in [4.69, 9.17) is 9.26 Å². The molecule has 0 radical (unpaired) electrons. The number of amides is 3. The number of nitrogens with one attached hydrogen (secondary N) is 2. The van der Waals surface area contributed by atoms with E-state index < -0.39 is 0 Å². The molecule has 8 heteroatoms. The number of fused-ring (bicyclic) bond motifs is 1. The van der Waals surface area contributed by atoms with Crippen LogP contribution in [-0.2, 0) is 24.3 Å². The zero-order valence-electron chi connectivity index (χ0n) is 21.7. The lowest BCUT2D eigenvalue weighted by atomic mass is 9.87. The van der Waals surface area contributed by atoms with Gasteiger partial charge in [0.2, 0.25) is 5.91 Å². The van der Waals surface area contributed by atoms with Gasteiger partial charge in [0, 0.05) is 31.6 Å². The van der Waals surface area contributed by atoms with E-state index in [1.165, 1.54) is 17.4 Å². The van der Waals surface area contributed by atoms with Crippen LogP contribution in [0.25, 0.3) is 11.1 Å². The fourth-order valence-corrected chi connectivity index (χ4v) is 5.47. The summed E-state index contributed by atoms with van der Waals surface area (Å²) in [4.78, 5) is 27.8. The molecule has 8 nitrogen and oxygen atoms in total. The summed E-state index contributed by atoms with van der Waals surface area (Å²) >= 11 is 0. The maximum Gasteiger partial charge on any atom is 0.323 e. The second-order valence-electron chi connectivity index (χ2n) is 10.0. The van der Waals surface area contributed by atoms with E-state index in [2.05, 4.69) is 46.1 Å². The van der Waals surface area contributed by atoms with Crippen LogP contribution in [0.4, 0.5) is 10.6 Å². The molecule has 0 bridgehead atoms. The predicted octanol–water partition coefficient (Wildman–Crippen LogP) is 5.36. The Balaban J connectivity index is 1.24. The average molecular weight is 523 g/mol. The zero-order chi connectivity index (χ0) is 26.8. The van der Waals surface area contributed by atoms with Crippen LogP contribution < -0.4 is 15.4 Å². The first-order chi connectivity index (χ1) is 19.1. The van der Waals surface area contributed by atoms with Crippen LogP contribution in [0.1, 0.15) is 34.6 Å². The number of anilines is 1. The molecular formula is C31H30N4O4. The predicted molar refractivity (Wildman–Crippen MR) is 147 cm³/mol. The normalized spacial score (nSPS) is 17.7.